The molecular weight excluding hydrogens is 423 g/mol. The number of hydrogen-bond donors (Lipinski definition) is 0. The molecule has 0 unspecified atom stereocenters. The standard InChI is InChI=1S/C26H20O2Se/c27-26(21-13-6-2-7-14-21)25-23(28-19-20-11-4-1-5-12-20)17-10-18-24(25)29-22-15-8-3-9-16-22/h1-18H,19H2. The first-order valence-electron chi connectivity index (χ1n) is 9.43. The van der Waals surface area contributed by atoms with Gasteiger partial charge >= 0.3 is 177 Å². The Morgan fingerprint density at radius 3 is 2.00 bits per heavy atom. The van der Waals surface area contributed by atoms with Crippen molar-refractivity contribution >= 4 is 29.7 Å². The molecule has 0 aliphatic carbocycles. The van der Waals surface area contributed by atoms with Crippen LogP contribution in [0.25, 0.3) is 0 Å². The molecule has 0 aliphatic rings. The van der Waals surface area contributed by atoms with Gasteiger partial charge in [-0.2, -0.15) is 0 Å². The predicted molar refractivity (Wildman–Crippen MR) is 119 cm³/mol. The van der Waals surface area contributed by atoms with Crippen LogP contribution in [-0.2, 0) is 6.61 Å². The van der Waals surface area contributed by atoms with Gasteiger partial charge in [-0.05, 0) is 0 Å². The van der Waals surface area contributed by atoms with E-state index in [1.807, 2.05) is 97.1 Å². The van der Waals surface area contributed by atoms with Gasteiger partial charge in [-0.3, -0.25) is 0 Å². The van der Waals surface area contributed by atoms with Crippen LogP contribution in [0.4, 0.5) is 0 Å². The molecule has 4 aromatic carbocycles. The van der Waals surface area contributed by atoms with Crippen LogP contribution in [0, 0.1) is 0 Å². The second-order valence-electron chi connectivity index (χ2n) is 6.51. The van der Waals surface area contributed by atoms with Crippen molar-refractivity contribution in [3.63, 3.8) is 0 Å². The quantitative estimate of drug-likeness (QED) is 0.317. The molecule has 0 heterocycles. The minimum absolute atomic E-state index is 0.00191. The Kier molecular flexibility index (Phi) is 6.21. The molecule has 0 N–H and O–H groups in total. The van der Waals surface area contributed by atoms with E-state index in [2.05, 4.69) is 12.1 Å². The van der Waals surface area contributed by atoms with E-state index in [-0.39, 0.29) is 20.7 Å². The van der Waals surface area contributed by atoms with Crippen molar-refractivity contribution in [3.05, 3.63) is 126 Å². The normalized spacial score (nSPS) is 10.5. The van der Waals surface area contributed by atoms with E-state index in [1.54, 1.807) is 0 Å². The predicted octanol–water partition coefficient (Wildman–Crippen LogP) is 4.15. The molecule has 0 saturated heterocycles. The van der Waals surface area contributed by atoms with Crippen LogP contribution in [0.1, 0.15) is 21.5 Å². The molecule has 0 bridgehead atoms. The molecule has 0 aromatic heterocycles. The van der Waals surface area contributed by atoms with Crippen molar-refractivity contribution in [1.29, 1.82) is 0 Å². The molecule has 142 valence electrons. The molecule has 0 fully saturated rings. The zero-order chi connectivity index (χ0) is 19.9. The molecule has 0 aliphatic heterocycles. The zero-order valence-electron chi connectivity index (χ0n) is 15.8. The van der Waals surface area contributed by atoms with Gasteiger partial charge in [-0.25, -0.2) is 0 Å². The molecule has 0 saturated carbocycles. The van der Waals surface area contributed by atoms with Gasteiger partial charge in [0.05, 0.1) is 0 Å². The van der Waals surface area contributed by atoms with Crippen LogP contribution in [0.3, 0.4) is 0 Å². The SMILES string of the molecule is O=C(c1ccccc1)c1c(OCc2ccccc2)cccc1[Se]c1ccccc1. The number of ketones is 1. The Labute approximate surface area is 177 Å². The Hall–Kier alpha value is -3.13. The van der Waals surface area contributed by atoms with E-state index < -0.39 is 0 Å². The summed E-state index contributed by atoms with van der Waals surface area (Å²) in [7, 11) is 0. The Morgan fingerprint density at radius 1 is 0.690 bits per heavy atom. The van der Waals surface area contributed by atoms with Crippen molar-refractivity contribution in [2.45, 2.75) is 6.61 Å². The van der Waals surface area contributed by atoms with E-state index in [0.717, 1.165) is 10.0 Å². The van der Waals surface area contributed by atoms with Crippen LogP contribution in [0.15, 0.2) is 109 Å². The average molecular weight is 443 g/mol. The third kappa shape index (κ3) is 4.83. The van der Waals surface area contributed by atoms with Crippen molar-refractivity contribution in [1.82, 2.24) is 0 Å². The Bertz CT molecular complexity index is 1080. The Morgan fingerprint density at radius 2 is 1.31 bits per heavy atom. The van der Waals surface area contributed by atoms with Crippen molar-refractivity contribution in [2.24, 2.45) is 0 Å². The molecule has 0 radical (unpaired) electrons. The van der Waals surface area contributed by atoms with Crippen molar-refractivity contribution in [3.8, 4) is 5.75 Å². The molecule has 3 heteroatoms. The number of carbonyl (C=O) groups is 1. The fourth-order valence-electron chi connectivity index (χ4n) is 3.02. The molecule has 29 heavy (non-hydrogen) atoms. The summed E-state index contributed by atoms with van der Waals surface area (Å²) >= 11 is 0.00709. The van der Waals surface area contributed by atoms with Gasteiger partial charge in [0.1, 0.15) is 0 Å². The first-order chi connectivity index (χ1) is 14.3. The summed E-state index contributed by atoms with van der Waals surface area (Å²) < 4.78 is 8.39. The second kappa shape index (κ2) is 9.38. The van der Waals surface area contributed by atoms with Crippen molar-refractivity contribution < 1.29 is 9.53 Å². The van der Waals surface area contributed by atoms with Gasteiger partial charge < -0.3 is 0 Å². The topological polar surface area (TPSA) is 26.3 Å². The third-order valence-corrected chi connectivity index (χ3v) is 6.70. The number of rotatable bonds is 7. The van der Waals surface area contributed by atoms with Gasteiger partial charge in [0.15, 0.2) is 0 Å². The van der Waals surface area contributed by atoms with E-state index >= 15 is 0 Å². The molecular formula is C26H20O2Se. The first kappa shape index (κ1) is 19.2. The molecule has 4 aromatic rings. The van der Waals surface area contributed by atoms with Gasteiger partial charge in [-0.1, -0.05) is 0 Å². The van der Waals surface area contributed by atoms with Crippen LogP contribution in [0.5, 0.6) is 5.75 Å². The maximum absolute atomic E-state index is 13.4. The van der Waals surface area contributed by atoms with Crippen LogP contribution in [0.2, 0.25) is 0 Å². The molecule has 0 spiro atoms. The van der Waals surface area contributed by atoms with Crippen LogP contribution >= 0.6 is 0 Å². The fraction of sp³-hybridized carbons (Fsp3) is 0.0385. The minimum atomic E-state index is 0.00191. The number of ether oxygens (including phenoxy) is 1. The van der Waals surface area contributed by atoms with E-state index in [0.29, 0.717) is 23.5 Å². The monoisotopic (exact) mass is 444 g/mol. The molecule has 2 nitrogen and oxygen atoms in total. The van der Waals surface area contributed by atoms with Gasteiger partial charge in [0.25, 0.3) is 0 Å². The summed E-state index contributed by atoms with van der Waals surface area (Å²) in [4.78, 5) is 13.4. The first-order valence-corrected chi connectivity index (χ1v) is 11.1. The van der Waals surface area contributed by atoms with Crippen LogP contribution < -0.4 is 13.7 Å². The fourth-order valence-corrected chi connectivity index (χ4v) is 5.10. The summed E-state index contributed by atoms with van der Waals surface area (Å²) in [5, 5.41) is 0. The average Bonchev–Trinajstić information content (AvgIpc) is 2.79. The van der Waals surface area contributed by atoms with E-state index in [9.17, 15) is 4.79 Å². The van der Waals surface area contributed by atoms with Gasteiger partial charge in [-0.15, -0.1) is 0 Å². The van der Waals surface area contributed by atoms with Crippen molar-refractivity contribution in [2.75, 3.05) is 0 Å². The van der Waals surface area contributed by atoms with Gasteiger partial charge in [0.2, 0.25) is 0 Å². The summed E-state index contributed by atoms with van der Waals surface area (Å²) in [5.41, 5.74) is 2.41. The summed E-state index contributed by atoms with van der Waals surface area (Å²) in [6.07, 6.45) is 0. The molecule has 0 amide bonds. The van der Waals surface area contributed by atoms with Crippen LogP contribution in [-0.4, -0.2) is 20.7 Å². The number of hydrogen-bond acceptors (Lipinski definition) is 2. The second-order valence-corrected chi connectivity index (χ2v) is 8.85. The third-order valence-electron chi connectivity index (χ3n) is 4.46. The number of benzene rings is 4. The summed E-state index contributed by atoms with van der Waals surface area (Å²) in [5.74, 6) is 0.639. The molecule has 0 atom stereocenters. The molecule has 4 rings (SSSR count). The van der Waals surface area contributed by atoms with E-state index in [1.165, 1.54) is 4.46 Å². The number of carbonyl (C=O) groups excluding carboxylic acids is 1. The maximum atomic E-state index is 13.4. The summed E-state index contributed by atoms with van der Waals surface area (Å²) in [6, 6.07) is 35.6. The Balaban J connectivity index is 1.71. The van der Waals surface area contributed by atoms with E-state index in [4.69, 9.17) is 4.74 Å². The zero-order valence-corrected chi connectivity index (χ0v) is 17.5. The van der Waals surface area contributed by atoms with Gasteiger partial charge in [0, 0.05) is 0 Å². The summed E-state index contributed by atoms with van der Waals surface area (Å²) in [6.45, 7) is 0.428.